The molecule has 10 heteroatoms. The molecule has 1 aliphatic rings. The van der Waals surface area contributed by atoms with Crippen LogP contribution in [0.4, 0.5) is 0 Å². The van der Waals surface area contributed by atoms with Gasteiger partial charge in [0.05, 0.1) is 23.2 Å². The molecule has 5 rings (SSSR count). The summed E-state index contributed by atoms with van der Waals surface area (Å²) in [7, 11) is 0. The minimum absolute atomic E-state index is 0.0161. The van der Waals surface area contributed by atoms with Gasteiger partial charge in [-0.05, 0) is 32.0 Å². The van der Waals surface area contributed by atoms with E-state index in [1.54, 1.807) is 15.7 Å². The van der Waals surface area contributed by atoms with Crippen LogP contribution in [0.2, 0.25) is 5.15 Å². The molecule has 4 aromatic heterocycles. The molecular formula is C20H19ClN6O3. The number of oxazole rings is 1. The molecule has 0 aromatic carbocycles. The van der Waals surface area contributed by atoms with E-state index >= 15 is 0 Å². The molecule has 0 saturated carbocycles. The van der Waals surface area contributed by atoms with Gasteiger partial charge in [0.15, 0.2) is 5.15 Å². The van der Waals surface area contributed by atoms with Gasteiger partial charge in [-0.25, -0.2) is 9.50 Å². The number of H-pyrrole nitrogens is 1. The molecule has 0 radical (unpaired) electrons. The number of carbonyl (C=O) groups excluding carboxylic acids is 1. The predicted molar refractivity (Wildman–Crippen MR) is 107 cm³/mol. The van der Waals surface area contributed by atoms with E-state index in [9.17, 15) is 9.90 Å². The monoisotopic (exact) mass is 426 g/mol. The summed E-state index contributed by atoms with van der Waals surface area (Å²) in [5.74, 6) is -0.558. The molecular weight excluding hydrogens is 408 g/mol. The number of pyridine rings is 1. The smallest absolute Gasteiger partial charge is 0.293 e. The fraction of sp³-hybridized carbons (Fsp3) is 0.300. The zero-order valence-corrected chi connectivity index (χ0v) is 17.1. The molecule has 0 bridgehead atoms. The molecule has 0 saturated heterocycles. The van der Waals surface area contributed by atoms with E-state index in [4.69, 9.17) is 16.0 Å². The van der Waals surface area contributed by atoms with E-state index in [2.05, 4.69) is 20.1 Å². The van der Waals surface area contributed by atoms with Crippen LogP contribution < -0.4 is 0 Å². The number of rotatable bonds is 3. The first-order valence-corrected chi connectivity index (χ1v) is 9.87. The molecule has 30 heavy (non-hydrogen) atoms. The van der Waals surface area contributed by atoms with Crippen LogP contribution in [0.5, 0.6) is 0 Å². The molecule has 5 heterocycles. The van der Waals surface area contributed by atoms with E-state index in [-0.39, 0.29) is 16.8 Å². The molecule has 1 amide bonds. The van der Waals surface area contributed by atoms with E-state index in [1.807, 2.05) is 30.5 Å². The number of imidazole rings is 1. The van der Waals surface area contributed by atoms with Gasteiger partial charge >= 0.3 is 0 Å². The fourth-order valence-electron chi connectivity index (χ4n) is 3.71. The largest absolute Gasteiger partial charge is 0.431 e. The minimum atomic E-state index is -1.36. The van der Waals surface area contributed by atoms with E-state index in [1.165, 1.54) is 13.8 Å². The Hall–Kier alpha value is -3.17. The number of nitrogens with one attached hydrogen (secondary N) is 1. The van der Waals surface area contributed by atoms with Crippen LogP contribution >= 0.6 is 11.6 Å². The van der Waals surface area contributed by atoms with Gasteiger partial charge < -0.3 is 19.4 Å². The summed E-state index contributed by atoms with van der Waals surface area (Å²) < 4.78 is 7.33. The van der Waals surface area contributed by atoms with Gasteiger partial charge in [0.2, 0.25) is 11.7 Å². The number of halogens is 1. The molecule has 154 valence electrons. The molecule has 0 spiro atoms. The second-order valence-electron chi connectivity index (χ2n) is 7.75. The summed E-state index contributed by atoms with van der Waals surface area (Å²) in [4.78, 5) is 26.7. The summed E-state index contributed by atoms with van der Waals surface area (Å²) in [5.41, 5.74) is 1.92. The highest BCUT2D eigenvalue weighted by Crippen LogP contribution is 2.35. The Morgan fingerprint density at radius 3 is 2.97 bits per heavy atom. The van der Waals surface area contributed by atoms with Crippen molar-refractivity contribution in [2.24, 2.45) is 0 Å². The molecule has 0 fully saturated rings. The molecule has 1 aliphatic heterocycles. The molecule has 4 aromatic rings. The lowest BCUT2D eigenvalue weighted by atomic mass is 9.99. The number of aromatic amines is 1. The van der Waals surface area contributed by atoms with Gasteiger partial charge in [0, 0.05) is 24.9 Å². The Balaban J connectivity index is 1.60. The number of hydrogen-bond donors (Lipinski definition) is 2. The van der Waals surface area contributed by atoms with Crippen molar-refractivity contribution in [3.8, 4) is 0 Å². The van der Waals surface area contributed by atoms with E-state index in [0.29, 0.717) is 18.7 Å². The topological polar surface area (TPSA) is 113 Å². The lowest BCUT2D eigenvalue weighted by Crippen LogP contribution is -2.41. The number of aliphatic hydroxyl groups is 1. The van der Waals surface area contributed by atoms with Crippen molar-refractivity contribution in [2.75, 3.05) is 6.54 Å². The maximum Gasteiger partial charge on any atom is 0.293 e. The predicted octanol–water partition coefficient (Wildman–Crippen LogP) is 2.71. The maximum absolute atomic E-state index is 13.4. The zero-order valence-electron chi connectivity index (χ0n) is 16.3. The van der Waals surface area contributed by atoms with Crippen LogP contribution in [0.15, 0.2) is 41.2 Å². The lowest BCUT2D eigenvalue weighted by molar-refractivity contribution is 0.0440. The van der Waals surface area contributed by atoms with Crippen LogP contribution in [0.3, 0.4) is 0 Å². The van der Waals surface area contributed by atoms with Crippen molar-refractivity contribution < 1.29 is 14.3 Å². The standard InChI is InChI=1S/C20H19ClN6O3/c1-20(2,29)19-24-17(21)16(30-19)18(28)26-8-6-12-14(23-10-22-12)15(26)13-9-11-5-3-4-7-27(11)25-13/h3-5,7,9-10,15,29H,6,8H2,1-2H3,(H,22,23). The molecule has 0 aliphatic carbocycles. The molecule has 9 nitrogen and oxygen atoms in total. The maximum atomic E-state index is 13.4. The minimum Gasteiger partial charge on any atom is -0.431 e. The van der Waals surface area contributed by atoms with Gasteiger partial charge in [0.1, 0.15) is 11.6 Å². The highest BCUT2D eigenvalue weighted by Gasteiger charge is 2.39. The van der Waals surface area contributed by atoms with Crippen LogP contribution in [-0.2, 0) is 12.0 Å². The molecule has 2 N–H and O–H groups in total. The van der Waals surface area contributed by atoms with Crippen molar-refractivity contribution >= 4 is 23.0 Å². The average Bonchev–Trinajstić information content (AvgIpc) is 3.43. The quantitative estimate of drug-likeness (QED) is 0.520. The van der Waals surface area contributed by atoms with Gasteiger partial charge in [0.25, 0.3) is 5.91 Å². The van der Waals surface area contributed by atoms with Crippen LogP contribution in [0.25, 0.3) is 5.52 Å². The van der Waals surface area contributed by atoms with Crippen LogP contribution in [-0.4, -0.2) is 47.0 Å². The summed E-state index contributed by atoms with van der Waals surface area (Å²) in [5, 5.41) is 14.7. The van der Waals surface area contributed by atoms with Gasteiger partial charge in [-0.1, -0.05) is 17.7 Å². The lowest BCUT2D eigenvalue weighted by Gasteiger charge is -2.33. The van der Waals surface area contributed by atoms with E-state index in [0.717, 1.165) is 16.9 Å². The van der Waals surface area contributed by atoms with Crippen molar-refractivity contribution in [3.05, 3.63) is 70.7 Å². The molecule has 1 atom stereocenters. The van der Waals surface area contributed by atoms with Crippen LogP contribution in [0, 0.1) is 0 Å². The number of carbonyl (C=O) groups is 1. The van der Waals surface area contributed by atoms with Crippen molar-refractivity contribution in [1.29, 1.82) is 0 Å². The Labute approximate surface area is 176 Å². The number of amides is 1. The SMILES string of the molecule is CC(C)(O)c1nc(Cl)c(C(=O)N2CCc3[nH]cnc3C2c2cc3ccccn3n2)o1. The van der Waals surface area contributed by atoms with Gasteiger partial charge in [-0.3, -0.25) is 4.79 Å². The number of fused-ring (bicyclic) bond motifs is 2. The fourth-order valence-corrected chi connectivity index (χ4v) is 3.91. The molecule has 1 unspecified atom stereocenters. The summed E-state index contributed by atoms with van der Waals surface area (Å²) in [6.45, 7) is 3.45. The number of hydrogen-bond acceptors (Lipinski definition) is 6. The third kappa shape index (κ3) is 2.98. The third-order valence-corrected chi connectivity index (χ3v) is 5.41. The second kappa shape index (κ2) is 6.68. The first-order valence-electron chi connectivity index (χ1n) is 9.49. The first kappa shape index (κ1) is 18.8. The zero-order chi connectivity index (χ0) is 21.0. The van der Waals surface area contributed by atoms with Crippen molar-refractivity contribution in [3.63, 3.8) is 0 Å². The average molecular weight is 427 g/mol. The number of nitrogens with zero attached hydrogens (tertiary/aromatic N) is 5. The Bertz CT molecular complexity index is 1220. The highest BCUT2D eigenvalue weighted by molar-refractivity contribution is 6.32. The Morgan fingerprint density at radius 1 is 1.40 bits per heavy atom. The van der Waals surface area contributed by atoms with Crippen molar-refractivity contribution in [1.82, 2.24) is 29.5 Å². The summed E-state index contributed by atoms with van der Waals surface area (Å²) in [6.07, 6.45) is 4.08. The third-order valence-electron chi connectivity index (χ3n) is 5.16. The Kier molecular flexibility index (Phi) is 4.19. The van der Waals surface area contributed by atoms with Crippen LogP contribution in [0.1, 0.15) is 53.4 Å². The first-order chi connectivity index (χ1) is 14.3. The van der Waals surface area contributed by atoms with E-state index < -0.39 is 17.6 Å². The number of aromatic nitrogens is 5. The van der Waals surface area contributed by atoms with Gasteiger partial charge in [-0.2, -0.15) is 10.1 Å². The second-order valence-corrected chi connectivity index (χ2v) is 8.11. The summed E-state index contributed by atoms with van der Waals surface area (Å²) in [6, 6.07) is 7.18. The van der Waals surface area contributed by atoms with Gasteiger partial charge in [-0.15, -0.1) is 0 Å². The van der Waals surface area contributed by atoms with Crippen molar-refractivity contribution in [2.45, 2.75) is 31.9 Å². The Morgan fingerprint density at radius 2 is 2.23 bits per heavy atom. The normalized spacial score (nSPS) is 16.8. The highest BCUT2D eigenvalue weighted by atomic mass is 35.5. The summed E-state index contributed by atoms with van der Waals surface area (Å²) >= 11 is 6.20.